The predicted molar refractivity (Wildman–Crippen MR) is 83.2 cm³/mol. The highest BCUT2D eigenvalue weighted by Gasteiger charge is 2.39. The number of nitrogens with zero attached hydrogens (tertiary/aromatic N) is 1. The van der Waals surface area contributed by atoms with Gasteiger partial charge >= 0.3 is 0 Å². The van der Waals surface area contributed by atoms with Crippen LogP contribution in [-0.2, 0) is 11.3 Å². The molecule has 1 atom stereocenters. The first-order chi connectivity index (χ1) is 10.3. The molecule has 2 aliphatic rings. The van der Waals surface area contributed by atoms with E-state index in [1.165, 1.54) is 25.7 Å². The SMILES string of the molecule is CCNCC1(CN(Cc2ccco2)C2CC2)CCCOC1. The Morgan fingerprint density at radius 2 is 2.33 bits per heavy atom. The van der Waals surface area contributed by atoms with Gasteiger partial charge in [0, 0.05) is 31.2 Å². The smallest absolute Gasteiger partial charge is 0.117 e. The van der Waals surface area contributed by atoms with Gasteiger partial charge in [-0.25, -0.2) is 0 Å². The molecule has 1 saturated heterocycles. The van der Waals surface area contributed by atoms with Crippen molar-refractivity contribution in [1.82, 2.24) is 10.2 Å². The summed E-state index contributed by atoms with van der Waals surface area (Å²) in [7, 11) is 0. The molecular formula is C17H28N2O2. The van der Waals surface area contributed by atoms with Crippen molar-refractivity contribution >= 4 is 0 Å². The van der Waals surface area contributed by atoms with Crippen LogP contribution in [0, 0.1) is 5.41 Å². The molecule has 0 aromatic carbocycles. The van der Waals surface area contributed by atoms with E-state index in [1.54, 1.807) is 6.26 Å². The molecule has 1 saturated carbocycles. The normalized spacial score (nSPS) is 26.4. The van der Waals surface area contributed by atoms with Gasteiger partial charge in [0.2, 0.25) is 0 Å². The van der Waals surface area contributed by atoms with Crippen LogP contribution < -0.4 is 5.32 Å². The first kappa shape index (κ1) is 15.1. The number of rotatable bonds is 8. The summed E-state index contributed by atoms with van der Waals surface area (Å²) in [6, 6.07) is 4.82. The molecule has 0 radical (unpaired) electrons. The zero-order valence-corrected chi connectivity index (χ0v) is 13.1. The molecule has 1 aromatic rings. The van der Waals surface area contributed by atoms with Crippen molar-refractivity contribution in [2.24, 2.45) is 5.41 Å². The molecule has 1 N–H and O–H groups in total. The number of hydrogen-bond donors (Lipinski definition) is 1. The van der Waals surface area contributed by atoms with Crippen LogP contribution in [0.15, 0.2) is 22.8 Å². The molecule has 4 nitrogen and oxygen atoms in total. The van der Waals surface area contributed by atoms with Crippen molar-refractivity contribution in [3.05, 3.63) is 24.2 Å². The zero-order chi connectivity index (χ0) is 14.5. The molecule has 118 valence electrons. The summed E-state index contributed by atoms with van der Waals surface area (Å²) in [5.41, 5.74) is 0.267. The van der Waals surface area contributed by atoms with Crippen LogP contribution >= 0.6 is 0 Å². The molecule has 1 aliphatic heterocycles. The van der Waals surface area contributed by atoms with Crippen LogP contribution in [-0.4, -0.2) is 43.8 Å². The minimum atomic E-state index is 0.267. The second kappa shape index (κ2) is 6.95. The zero-order valence-electron chi connectivity index (χ0n) is 13.1. The highest BCUT2D eigenvalue weighted by Crippen LogP contribution is 2.35. The average Bonchev–Trinajstić information content (AvgIpc) is 3.24. The quantitative estimate of drug-likeness (QED) is 0.799. The molecule has 3 rings (SSSR count). The molecule has 0 spiro atoms. The van der Waals surface area contributed by atoms with E-state index in [0.717, 1.165) is 51.2 Å². The Balaban J connectivity index is 1.66. The lowest BCUT2D eigenvalue weighted by atomic mass is 9.81. The van der Waals surface area contributed by atoms with Crippen LogP contribution in [0.4, 0.5) is 0 Å². The van der Waals surface area contributed by atoms with Gasteiger partial charge in [0.05, 0.1) is 19.4 Å². The summed E-state index contributed by atoms with van der Waals surface area (Å²) in [6.07, 6.45) is 6.89. The third-order valence-electron chi connectivity index (χ3n) is 4.69. The van der Waals surface area contributed by atoms with Gasteiger partial charge in [0.1, 0.15) is 5.76 Å². The van der Waals surface area contributed by atoms with Crippen molar-refractivity contribution in [2.45, 2.75) is 45.2 Å². The van der Waals surface area contributed by atoms with Gasteiger partial charge in [-0.2, -0.15) is 0 Å². The monoisotopic (exact) mass is 292 g/mol. The van der Waals surface area contributed by atoms with Gasteiger partial charge in [0.15, 0.2) is 0 Å². The van der Waals surface area contributed by atoms with Crippen molar-refractivity contribution in [3.8, 4) is 0 Å². The molecule has 2 heterocycles. The van der Waals surface area contributed by atoms with Gasteiger partial charge in [-0.1, -0.05) is 6.92 Å². The lowest BCUT2D eigenvalue weighted by molar-refractivity contribution is -0.0296. The van der Waals surface area contributed by atoms with Gasteiger partial charge in [-0.05, 0) is 44.4 Å². The molecule has 2 fully saturated rings. The minimum absolute atomic E-state index is 0.267. The summed E-state index contributed by atoms with van der Waals surface area (Å²) in [4.78, 5) is 2.62. The lowest BCUT2D eigenvalue weighted by Gasteiger charge is -2.41. The van der Waals surface area contributed by atoms with Gasteiger partial charge in [-0.15, -0.1) is 0 Å². The number of hydrogen-bond acceptors (Lipinski definition) is 4. The van der Waals surface area contributed by atoms with Crippen LogP contribution in [0.2, 0.25) is 0 Å². The Labute approximate surface area is 127 Å². The topological polar surface area (TPSA) is 37.6 Å². The molecule has 21 heavy (non-hydrogen) atoms. The maximum atomic E-state index is 5.83. The number of ether oxygens (including phenoxy) is 1. The Bertz CT molecular complexity index is 408. The van der Waals surface area contributed by atoms with E-state index in [4.69, 9.17) is 9.15 Å². The molecule has 1 aliphatic carbocycles. The van der Waals surface area contributed by atoms with Crippen LogP contribution in [0.25, 0.3) is 0 Å². The summed E-state index contributed by atoms with van der Waals surface area (Å²) in [6.45, 7) is 8.14. The molecule has 1 aromatic heterocycles. The minimum Gasteiger partial charge on any atom is -0.468 e. The van der Waals surface area contributed by atoms with E-state index in [1.807, 2.05) is 6.07 Å². The van der Waals surface area contributed by atoms with E-state index < -0.39 is 0 Å². The highest BCUT2D eigenvalue weighted by atomic mass is 16.5. The largest absolute Gasteiger partial charge is 0.468 e. The fraction of sp³-hybridized carbons (Fsp3) is 0.765. The van der Waals surface area contributed by atoms with Crippen molar-refractivity contribution in [3.63, 3.8) is 0 Å². The van der Waals surface area contributed by atoms with Crippen molar-refractivity contribution in [1.29, 1.82) is 0 Å². The standard InChI is InChI=1S/C17H28N2O2/c1-2-18-12-17(8-4-9-20-14-17)13-19(15-6-7-15)11-16-5-3-10-21-16/h3,5,10,15,18H,2,4,6-9,11-14H2,1H3. The van der Waals surface area contributed by atoms with Crippen LogP contribution in [0.1, 0.15) is 38.4 Å². The summed E-state index contributed by atoms with van der Waals surface area (Å²) in [5.74, 6) is 1.08. The molecule has 0 amide bonds. The Morgan fingerprint density at radius 1 is 1.43 bits per heavy atom. The molecule has 1 unspecified atom stereocenters. The van der Waals surface area contributed by atoms with Gasteiger partial charge in [-0.3, -0.25) is 4.90 Å². The Morgan fingerprint density at radius 3 is 2.95 bits per heavy atom. The second-order valence-corrected chi connectivity index (χ2v) is 6.65. The molecule has 4 heteroatoms. The van der Waals surface area contributed by atoms with E-state index >= 15 is 0 Å². The maximum absolute atomic E-state index is 5.83. The Kier molecular flexibility index (Phi) is 4.99. The first-order valence-corrected chi connectivity index (χ1v) is 8.36. The number of nitrogens with one attached hydrogen (secondary N) is 1. The second-order valence-electron chi connectivity index (χ2n) is 6.65. The molecule has 0 bridgehead atoms. The van der Waals surface area contributed by atoms with E-state index in [-0.39, 0.29) is 5.41 Å². The summed E-state index contributed by atoms with van der Waals surface area (Å²) < 4.78 is 11.4. The van der Waals surface area contributed by atoms with E-state index in [9.17, 15) is 0 Å². The van der Waals surface area contributed by atoms with Gasteiger partial charge < -0.3 is 14.5 Å². The van der Waals surface area contributed by atoms with E-state index in [0.29, 0.717) is 0 Å². The predicted octanol–water partition coefficient (Wildman–Crippen LogP) is 2.65. The summed E-state index contributed by atoms with van der Waals surface area (Å²) in [5, 5.41) is 3.55. The third-order valence-corrected chi connectivity index (χ3v) is 4.69. The molecular weight excluding hydrogens is 264 g/mol. The fourth-order valence-corrected chi connectivity index (χ4v) is 3.41. The van der Waals surface area contributed by atoms with Crippen LogP contribution in [0.5, 0.6) is 0 Å². The lowest BCUT2D eigenvalue weighted by Crippen LogP contribution is -2.49. The fourth-order valence-electron chi connectivity index (χ4n) is 3.41. The van der Waals surface area contributed by atoms with E-state index in [2.05, 4.69) is 23.2 Å². The van der Waals surface area contributed by atoms with Crippen molar-refractivity contribution in [2.75, 3.05) is 32.8 Å². The highest BCUT2D eigenvalue weighted by molar-refractivity contribution is 5.01. The third kappa shape index (κ3) is 4.09. The van der Waals surface area contributed by atoms with Gasteiger partial charge in [0.25, 0.3) is 0 Å². The summed E-state index contributed by atoms with van der Waals surface area (Å²) >= 11 is 0. The van der Waals surface area contributed by atoms with Crippen LogP contribution in [0.3, 0.4) is 0 Å². The Hall–Kier alpha value is -0.840. The number of furan rings is 1. The van der Waals surface area contributed by atoms with Crippen molar-refractivity contribution < 1.29 is 9.15 Å². The maximum Gasteiger partial charge on any atom is 0.117 e. The first-order valence-electron chi connectivity index (χ1n) is 8.36. The average molecular weight is 292 g/mol.